The smallest absolute Gasteiger partial charge is 0.337 e. The highest BCUT2D eigenvalue weighted by atomic mass is 16.5. The van der Waals surface area contributed by atoms with Crippen molar-refractivity contribution in [3.63, 3.8) is 0 Å². The maximum atomic E-state index is 12.4. The monoisotopic (exact) mass is 370 g/mol. The number of benzene rings is 1. The first-order valence-electron chi connectivity index (χ1n) is 10.1. The summed E-state index contributed by atoms with van der Waals surface area (Å²) in [4.78, 5) is 26.1. The molecule has 1 aromatic rings. The van der Waals surface area contributed by atoms with Crippen LogP contribution in [0.5, 0.6) is 0 Å². The third kappa shape index (κ3) is 4.03. The van der Waals surface area contributed by atoms with Gasteiger partial charge in [-0.3, -0.25) is 9.69 Å². The summed E-state index contributed by atoms with van der Waals surface area (Å²) in [5.41, 5.74) is 1.64. The predicted molar refractivity (Wildman–Crippen MR) is 105 cm³/mol. The molecule has 4 aliphatic carbocycles. The van der Waals surface area contributed by atoms with Crippen LogP contribution in [0.4, 0.5) is 5.69 Å². The first-order chi connectivity index (χ1) is 12.9. The Balaban J connectivity index is 1.30. The molecule has 27 heavy (non-hydrogen) atoms. The van der Waals surface area contributed by atoms with E-state index in [1.165, 1.54) is 45.6 Å². The Labute approximate surface area is 161 Å². The van der Waals surface area contributed by atoms with Gasteiger partial charge in [0.2, 0.25) is 5.91 Å². The van der Waals surface area contributed by atoms with Gasteiger partial charge in [-0.1, -0.05) is 0 Å². The molecule has 4 saturated carbocycles. The van der Waals surface area contributed by atoms with Crippen LogP contribution in [-0.2, 0) is 9.53 Å². The van der Waals surface area contributed by atoms with Gasteiger partial charge in [-0.2, -0.15) is 0 Å². The van der Waals surface area contributed by atoms with Crippen molar-refractivity contribution in [3.05, 3.63) is 29.8 Å². The van der Waals surface area contributed by atoms with E-state index in [-0.39, 0.29) is 11.9 Å². The van der Waals surface area contributed by atoms with Gasteiger partial charge in [0.15, 0.2) is 0 Å². The van der Waals surface area contributed by atoms with E-state index in [4.69, 9.17) is 4.74 Å². The van der Waals surface area contributed by atoms with Crippen molar-refractivity contribution >= 4 is 17.6 Å². The zero-order valence-corrected chi connectivity index (χ0v) is 16.4. The molecule has 0 aliphatic heterocycles. The van der Waals surface area contributed by atoms with E-state index in [1.54, 1.807) is 24.3 Å². The lowest BCUT2D eigenvalue weighted by Gasteiger charge is -2.57. The summed E-state index contributed by atoms with van der Waals surface area (Å²) in [6.07, 6.45) is 8.43. The molecule has 5 nitrogen and oxygen atoms in total. The Hall–Kier alpha value is -1.88. The van der Waals surface area contributed by atoms with Gasteiger partial charge in [0.25, 0.3) is 0 Å². The Morgan fingerprint density at radius 2 is 1.63 bits per heavy atom. The number of rotatable bonds is 6. The summed E-state index contributed by atoms with van der Waals surface area (Å²) in [5.74, 6) is 2.43. The van der Waals surface area contributed by atoms with Crippen molar-refractivity contribution in [3.8, 4) is 0 Å². The number of nitrogens with zero attached hydrogens (tertiary/aromatic N) is 1. The standard InChI is InChI=1S/C22H30N2O3/c1-24(14-22-10-15-7-16(11-22)9-17(8-15)12-22)13-20(25)23-19-5-3-18(4-6-19)21(26)27-2/h3-6,15-17H,7-14H2,1-2H3,(H,23,25). The topological polar surface area (TPSA) is 58.6 Å². The summed E-state index contributed by atoms with van der Waals surface area (Å²) in [7, 11) is 3.43. The van der Waals surface area contributed by atoms with Crippen molar-refractivity contribution < 1.29 is 14.3 Å². The number of amides is 1. The van der Waals surface area contributed by atoms with E-state index in [9.17, 15) is 9.59 Å². The Bertz CT molecular complexity index is 677. The second-order valence-electron chi connectivity index (χ2n) is 9.21. The van der Waals surface area contributed by atoms with Gasteiger partial charge >= 0.3 is 5.97 Å². The Kier molecular flexibility index (Phi) is 4.97. The Morgan fingerprint density at radius 1 is 1.07 bits per heavy atom. The highest BCUT2D eigenvalue weighted by Gasteiger charge is 2.51. The van der Waals surface area contributed by atoms with Crippen LogP contribution in [0.15, 0.2) is 24.3 Å². The van der Waals surface area contributed by atoms with Crippen LogP contribution >= 0.6 is 0 Å². The van der Waals surface area contributed by atoms with E-state index >= 15 is 0 Å². The lowest BCUT2D eigenvalue weighted by Crippen LogP contribution is -2.51. The van der Waals surface area contributed by atoms with E-state index in [0.29, 0.717) is 23.2 Å². The summed E-state index contributed by atoms with van der Waals surface area (Å²) in [5, 5.41) is 2.93. The number of esters is 1. The molecular formula is C22H30N2O3. The molecule has 4 fully saturated rings. The highest BCUT2D eigenvalue weighted by molar-refractivity contribution is 5.93. The van der Waals surface area contributed by atoms with E-state index in [1.807, 2.05) is 0 Å². The largest absolute Gasteiger partial charge is 0.465 e. The molecule has 4 aliphatic rings. The number of hydrogen-bond donors (Lipinski definition) is 1. The van der Waals surface area contributed by atoms with E-state index in [0.717, 1.165) is 24.3 Å². The molecule has 0 unspecified atom stereocenters. The molecule has 0 aromatic heterocycles. The third-order valence-corrected chi connectivity index (χ3v) is 6.77. The minimum absolute atomic E-state index is 0.00644. The number of anilines is 1. The fraction of sp³-hybridized carbons (Fsp3) is 0.636. The third-order valence-electron chi connectivity index (χ3n) is 6.77. The minimum atomic E-state index is -0.372. The van der Waals surface area contributed by atoms with Crippen LogP contribution in [0, 0.1) is 23.2 Å². The maximum Gasteiger partial charge on any atom is 0.337 e. The van der Waals surface area contributed by atoms with E-state index in [2.05, 4.69) is 17.3 Å². The molecule has 146 valence electrons. The lowest BCUT2D eigenvalue weighted by atomic mass is 9.49. The summed E-state index contributed by atoms with van der Waals surface area (Å²) in [6.45, 7) is 1.44. The zero-order chi connectivity index (χ0) is 19.0. The quantitative estimate of drug-likeness (QED) is 0.778. The van der Waals surface area contributed by atoms with Crippen LogP contribution in [0.3, 0.4) is 0 Å². The second kappa shape index (κ2) is 7.27. The summed E-state index contributed by atoms with van der Waals surface area (Å²) >= 11 is 0. The number of carbonyl (C=O) groups is 2. The van der Waals surface area contributed by atoms with Crippen LogP contribution in [-0.4, -0.2) is 44.0 Å². The lowest BCUT2D eigenvalue weighted by molar-refractivity contribution is -0.118. The molecule has 1 aromatic carbocycles. The molecule has 1 amide bonds. The van der Waals surface area contributed by atoms with Crippen molar-refractivity contribution in [2.75, 3.05) is 32.6 Å². The van der Waals surface area contributed by atoms with Crippen LogP contribution in [0.2, 0.25) is 0 Å². The van der Waals surface area contributed by atoms with Crippen molar-refractivity contribution in [2.24, 2.45) is 23.2 Å². The van der Waals surface area contributed by atoms with Gasteiger partial charge in [-0.25, -0.2) is 4.79 Å². The molecule has 0 saturated heterocycles. The van der Waals surface area contributed by atoms with Gasteiger partial charge < -0.3 is 10.1 Å². The maximum absolute atomic E-state index is 12.4. The second-order valence-corrected chi connectivity index (χ2v) is 9.21. The molecule has 5 rings (SSSR count). The van der Waals surface area contributed by atoms with E-state index < -0.39 is 0 Å². The minimum Gasteiger partial charge on any atom is -0.465 e. The van der Waals surface area contributed by atoms with Crippen LogP contribution in [0.1, 0.15) is 48.9 Å². The van der Waals surface area contributed by atoms with Gasteiger partial charge in [0.05, 0.1) is 19.2 Å². The molecule has 0 atom stereocenters. The van der Waals surface area contributed by atoms with Crippen molar-refractivity contribution in [1.82, 2.24) is 4.90 Å². The molecule has 4 bridgehead atoms. The number of carbonyl (C=O) groups excluding carboxylic acids is 2. The molecule has 0 spiro atoms. The first-order valence-corrected chi connectivity index (χ1v) is 10.1. The number of hydrogen-bond acceptors (Lipinski definition) is 4. The van der Waals surface area contributed by atoms with Gasteiger partial charge in [0.1, 0.15) is 0 Å². The SMILES string of the molecule is COC(=O)c1ccc(NC(=O)CN(C)CC23CC4CC(CC(C4)C2)C3)cc1. The fourth-order valence-corrected chi connectivity index (χ4v) is 6.37. The molecule has 0 radical (unpaired) electrons. The van der Waals surface area contributed by atoms with Crippen LogP contribution in [0.25, 0.3) is 0 Å². The van der Waals surface area contributed by atoms with Gasteiger partial charge in [-0.05, 0) is 93.0 Å². The first kappa shape index (κ1) is 18.5. The molecular weight excluding hydrogens is 340 g/mol. The zero-order valence-electron chi connectivity index (χ0n) is 16.4. The number of likely N-dealkylation sites (N-methyl/N-ethyl adjacent to an activating group) is 1. The number of nitrogens with one attached hydrogen (secondary N) is 1. The average Bonchev–Trinajstić information content (AvgIpc) is 2.59. The van der Waals surface area contributed by atoms with Gasteiger partial charge in [0, 0.05) is 12.2 Å². The molecule has 5 heteroatoms. The predicted octanol–water partition coefficient (Wildman–Crippen LogP) is 3.56. The van der Waals surface area contributed by atoms with Crippen LogP contribution < -0.4 is 5.32 Å². The Morgan fingerprint density at radius 3 is 2.15 bits per heavy atom. The number of methoxy groups -OCH3 is 1. The highest BCUT2D eigenvalue weighted by Crippen LogP contribution is 2.60. The summed E-state index contributed by atoms with van der Waals surface area (Å²) < 4.78 is 4.69. The number of ether oxygens (including phenoxy) is 1. The molecule has 1 N–H and O–H groups in total. The van der Waals surface area contributed by atoms with Crippen molar-refractivity contribution in [2.45, 2.75) is 38.5 Å². The fourth-order valence-electron chi connectivity index (χ4n) is 6.37. The van der Waals surface area contributed by atoms with Gasteiger partial charge in [-0.15, -0.1) is 0 Å². The average molecular weight is 370 g/mol. The molecule has 0 heterocycles. The van der Waals surface area contributed by atoms with Crippen molar-refractivity contribution in [1.29, 1.82) is 0 Å². The summed E-state index contributed by atoms with van der Waals surface area (Å²) in [6, 6.07) is 6.81. The normalized spacial score (nSPS) is 31.1.